The van der Waals surface area contributed by atoms with Crippen LogP contribution in [0.3, 0.4) is 0 Å². The normalized spacial score (nSPS) is 10.4. The Morgan fingerprint density at radius 3 is 2.41 bits per heavy atom. The fraction of sp³-hybridized carbons (Fsp3) is 0.0435. The van der Waals surface area contributed by atoms with Crippen LogP contribution >= 0.6 is 11.3 Å². The zero-order chi connectivity index (χ0) is 22.5. The lowest BCUT2D eigenvalue weighted by molar-refractivity contribution is -0.384. The Balaban J connectivity index is 1.70. The van der Waals surface area contributed by atoms with Crippen LogP contribution in [0.15, 0.2) is 78.9 Å². The smallest absolute Gasteiger partial charge is 0.269 e. The van der Waals surface area contributed by atoms with Gasteiger partial charge in [0.25, 0.3) is 11.6 Å². The molecule has 0 spiro atoms. The Bertz CT molecular complexity index is 1260. The molecule has 32 heavy (non-hydrogen) atoms. The van der Waals surface area contributed by atoms with E-state index < -0.39 is 4.92 Å². The van der Waals surface area contributed by atoms with Crippen LogP contribution in [0.5, 0.6) is 5.75 Å². The van der Waals surface area contributed by atoms with Crippen molar-refractivity contribution in [2.45, 2.75) is 0 Å². The molecule has 0 aliphatic heterocycles. The second kappa shape index (κ2) is 9.27. The molecule has 0 radical (unpaired) electrons. The Hall–Kier alpha value is -4.24. The number of para-hydroxylation sites is 1. The van der Waals surface area contributed by atoms with Crippen LogP contribution in [-0.2, 0) is 0 Å². The first-order valence-corrected chi connectivity index (χ1v) is 10.4. The number of rotatable bonds is 7. The number of nitrogens with one attached hydrogen (secondary N) is 2. The van der Waals surface area contributed by atoms with E-state index in [1.165, 1.54) is 23.5 Å². The first-order chi connectivity index (χ1) is 15.5. The molecule has 0 atom stereocenters. The molecule has 1 amide bonds. The molecule has 3 aromatic carbocycles. The average Bonchev–Trinajstić information content (AvgIpc) is 3.24. The highest BCUT2D eigenvalue weighted by atomic mass is 32.1. The molecule has 2 N–H and O–H groups in total. The predicted octanol–water partition coefficient (Wildman–Crippen LogP) is 5.72. The SMILES string of the molecule is COc1cccc(Nc2nc(-c3ccc([N+](=O)[O-])cc3)c(C(=O)Nc3ccccc3)s2)c1. The van der Waals surface area contributed by atoms with E-state index in [4.69, 9.17) is 4.74 Å². The van der Waals surface area contributed by atoms with Crippen LogP contribution < -0.4 is 15.4 Å². The predicted molar refractivity (Wildman–Crippen MR) is 125 cm³/mol. The molecular weight excluding hydrogens is 428 g/mol. The molecular formula is C23H18N4O4S. The van der Waals surface area contributed by atoms with Crippen LogP contribution in [0.4, 0.5) is 22.2 Å². The maximum atomic E-state index is 13.1. The maximum Gasteiger partial charge on any atom is 0.269 e. The van der Waals surface area contributed by atoms with Crippen molar-refractivity contribution in [1.82, 2.24) is 4.98 Å². The van der Waals surface area contributed by atoms with E-state index >= 15 is 0 Å². The third-order valence-electron chi connectivity index (χ3n) is 4.54. The summed E-state index contributed by atoms with van der Waals surface area (Å²) >= 11 is 1.19. The maximum absolute atomic E-state index is 13.1. The highest BCUT2D eigenvalue weighted by Crippen LogP contribution is 2.34. The molecule has 1 heterocycles. The summed E-state index contributed by atoms with van der Waals surface area (Å²) in [4.78, 5) is 28.6. The summed E-state index contributed by atoms with van der Waals surface area (Å²) in [6.07, 6.45) is 0. The minimum atomic E-state index is -0.469. The summed E-state index contributed by atoms with van der Waals surface area (Å²) in [5.74, 6) is 0.366. The number of carbonyl (C=O) groups excluding carboxylic acids is 1. The number of aromatic nitrogens is 1. The molecule has 4 aromatic rings. The fourth-order valence-electron chi connectivity index (χ4n) is 3.00. The molecule has 0 fully saturated rings. The van der Waals surface area contributed by atoms with E-state index in [0.29, 0.717) is 32.7 Å². The minimum Gasteiger partial charge on any atom is -0.497 e. The standard InChI is InChI=1S/C23H18N4O4S/c1-31-19-9-5-8-17(14-19)25-23-26-20(15-10-12-18(13-11-15)27(29)30)21(32-23)22(28)24-16-6-3-2-4-7-16/h2-14H,1H3,(H,24,28)(H,25,26). The lowest BCUT2D eigenvalue weighted by Crippen LogP contribution is -2.11. The van der Waals surface area contributed by atoms with Crippen LogP contribution in [0, 0.1) is 10.1 Å². The van der Waals surface area contributed by atoms with Crippen LogP contribution in [-0.4, -0.2) is 22.9 Å². The van der Waals surface area contributed by atoms with Crippen molar-refractivity contribution in [3.8, 4) is 17.0 Å². The number of hydrogen-bond acceptors (Lipinski definition) is 7. The molecule has 0 aliphatic rings. The highest BCUT2D eigenvalue weighted by Gasteiger charge is 2.21. The largest absolute Gasteiger partial charge is 0.497 e. The van der Waals surface area contributed by atoms with Gasteiger partial charge in [-0.05, 0) is 36.4 Å². The number of thiazole rings is 1. The molecule has 160 valence electrons. The van der Waals surface area contributed by atoms with Gasteiger partial charge >= 0.3 is 0 Å². The number of hydrogen-bond donors (Lipinski definition) is 2. The van der Waals surface area contributed by atoms with Crippen molar-refractivity contribution in [2.24, 2.45) is 0 Å². The van der Waals surface area contributed by atoms with Crippen molar-refractivity contribution in [1.29, 1.82) is 0 Å². The van der Waals surface area contributed by atoms with E-state index in [0.717, 1.165) is 5.69 Å². The molecule has 0 bridgehead atoms. The van der Waals surface area contributed by atoms with Gasteiger partial charge in [0.1, 0.15) is 10.6 Å². The van der Waals surface area contributed by atoms with Gasteiger partial charge in [-0.15, -0.1) is 0 Å². The van der Waals surface area contributed by atoms with Gasteiger partial charge in [0.2, 0.25) is 0 Å². The van der Waals surface area contributed by atoms with Gasteiger partial charge in [-0.2, -0.15) is 0 Å². The van der Waals surface area contributed by atoms with Gasteiger partial charge in [0, 0.05) is 35.1 Å². The number of carbonyl (C=O) groups is 1. The second-order valence-corrected chi connectivity index (χ2v) is 7.68. The number of amides is 1. The van der Waals surface area contributed by atoms with E-state index in [1.807, 2.05) is 42.5 Å². The number of nitro benzene ring substituents is 1. The summed E-state index contributed by atoms with van der Waals surface area (Å²) in [6.45, 7) is 0. The zero-order valence-electron chi connectivity index (χ0n) is 16.9. The summed E-state index contributed by atoms with van der Waals surface area (Å²) in [7, 11) is 1.58. The van der Waals surface area contributed by atoms with Crippen molar-refractivity contribution >= 4 is 39.4 Å². The topological polar surface area (TPSA) is 106 Å². The highest BCUT2D eigenvalue weighted by molar-refractivity contribution is 7.18. The van der Waals surface area contributed by atoms with E-state index in [2.05, 4.69) is 15.6 Å². The summed E-state index contributed by atoms with van der Waals surface area (Å²) in [5, 5.41) is 17.6. The summed E-state index contributed by atoms with van der Waals surface area (Å²) < 4.78 is 5.25. The molecule has 0 saturated carbocycles. The molecule has 0 saturated heterocycles. The van der Waals surface area contributed by atoms with Gasteiger partial charge < -0.3 is 15.4 Å². The Labute approximate surface area is 187 Å². The molecule has 9 heteroatoms. The van der Waals surface area contributed by atoms with Crippen molar-refractivity contribution in [3.63, 3.8) is 0 Å². The number of nitro groups is 1. The summed E-state index contributed by atoms with van der Waals surface area (Å²) in [5.41, 5.74) is 2.41. The first-order valence-electron chi connectivity index (χ1n) is 9.56. The van der Waals surface area contributed by atoms with E-state index in [9.17, 15) is 14.9 Å². The molecule has 8 nitrogen and oxygen atoms in total. The summed E-state index contributed by atoms with van der Waals surface area (Å²) in [6, 6.07) is 22.4. The van der Waals surface area contributed by atoms with Gasteiger partial charge in [0.05, 0.1) is 17.7 Å². The van der Waals surface area contributed by atoms with Gasteiger partial charge in [-0.25, -0.2) is 4.98 Å². The van der Waals surface area contributed by atoms with Crippen molar-refractivity contribution < 1.29 is 14.5 Å². The third-order valence-corrected chi connectivity index (χ3v) is 5.51. The Morgan fingerprint density at radius 1 is 1.00 bits per heavy atom. The number of ether oxygens (including phenoxy) is 1. The van der Waals surface area contributed by atoms with E-state index in [-0.39, 0.29) is 11.6 Å². The molecule has 0 unspecified atom stereocenters. The van der Waals surface area contributed by atoms with Gasteiger partial charge in [-0.1, -0.05) is 35.6 Å². The number of benzene rings is 3. The van der Waals surface area contributed by atoms with Gasteiger partial charge in [-0.3, -0.25) is 14.9 Å². The van der Waals surface area contributed by atoms with E-state index in [1.54, 1.807) is 31.4 Å². The van der Waals surface area contributed by atoms with Crippen molar-refractivity contribution in [3.05, 3.63) is 93.9 Å². The monoisotopic (exact) mass is 446 g/mol. The Kier molecular flexibility index (Phi) is 6.09. The number of non-ortho nitro benzene ring substituents is 1. The minimum absolute atomic E-state index is 0.0333. The molecule has 1 aromatic heterocycles. The Morgan fingerprint density at radius 2 is 1.72 bits per heavy atom. The third kappa shape index (κ3) is 4.73. The molecule has 4 rings (SSSR count). The lowest BCUT2D eigenvalue weighted by atomic mass is 10.1. The number of methoxy groups -OCH3 is 1. The quantitative estimate of drug-likeness (QED) is 0.278. The molecule has 0 aliphatic carbocycles. The van der Waals surface area contributed by atoms with Crippen LogP contribution in [0.1, 0.15) is 9.67 Å². The fourth-order valence-corrected chi connectivity index (χ4v) is 3.90. The second-order valence-electron chi connectivity index (χ2n) is 6.68. The zero-order valence-corrected chi connectivity index (χ0v) is 17.8. The lowest BCUT2D eigenvalue weighted by Gasteiger charge is -2.05. The van der Waals surface area contributed by atoms with Crippen LogP contribution in [0.2, 0.25) is 0 Å². The number of anilines is 3. The number of nitrogens with zero attached hydrogens (tertiary/aromatic N) is 2. The van der Waals surface area contributed by atoms with Crippen molar-refractivity contribution in [2.75, 3.05) is 17.7 Å². The average molecular weight is 446 g/mol. The first kappa shape index (κ1) is 21.0. The van der Waals surface area contributed by atoms with Gasteiger partial charge in [0.15, 0.2) is 5.13 Å². The van der Waals surface area contributed by atoms with Crippen LogP contribution in [0.25, 0.3) is 11.3 Å².